The maximum atomic E-state index is 12.7. The zero-order valence-corrected chi connectivity index (χ0v) is 12.2. The van der Waals surface area contributed by atoms with Gasteiger partial charge in [0.15, 0.2) is 5.69 Å². The first kappa shape index (κ1) is 15.6. The number of nitrogens with one attached hydrogen (secondary N) is 1. The Morgan fingerprint density at radius 1 is 1.67 bits per heavy atom. The molecule has 1 atom stereocenters. The minimum atomic E-state index is -0.366. The van der Waals surface area contributed by atoms with Crippen molar-refractivity contribution in [3.63, 3.8) is 0 Å². The molecule has 2 rings (SSSR count). The lowest BCUT2D eigenvalue weighted by molar-refractivity contribution is -0.0186. The van der Waals surface area contributed by atoms with Crippen LogP contribution < -0.4 is 11.3 Å². The maximum absolute atomic E-state index is 12.7. The lowest BCUT2D eigenvalue weighted by atomic mass is 10.1. The van der Waals surface area contributed by atoms with Gasteiger partial charge in [-0.3, -0.25) is 10.6 Å². The summed E-state index contributed by atoms with van der Waals surface area (Å²) in [5.74, 6) is 5.83. The number of aromatic nitrogens is 2. The van der Waals surface area contributed by atoms with Crippen LogP contribution in [-0.4, -0.2) is 58.3 Å². The highest BCUT2D eigenvalue weighted by molar-refractivity contribution is 5.97. The van der Waals surface area contributed by atoms with Crippen molar-refractivity contribution in [3.8, 4) is 0 Å². The fourth-order valence-electron chi connectivity index (χ4n) is 2.15. The average Bonchev–Trinajstić information content (AvgIpc) is 2.53. The Morgan fingerprint density at radius 2 is 2.43 bits per heavy atom. The molecule has 1 unspecified atom stereocenters. The molecule has 1 aromatic heterocycles. The van der Waals surface area contributed by atoms with Gasteiger partial charge in [0.25, 0.3) is 5.91 Å². The minimum Gasteiger partial charge on any atom is -0.394 e. The highest BCUT2D eigenvalue weighted by Gasteiger charge is 2.30. The van der Waals surface area contributed by atoms with E-state index < -0.39 is 0 Å². The van der Waals surface area contributed by atoms with Crippen molar-refractivity contribution in [2.24, 2.45) is 5.84 Å². The highest BCUT2D eigenvalue weighted by Crippen LogP contribution is 2.19. The molecule has 8 nitrogen and oxygen atoms in total. The molecular formula is C13H21N5O3. The number of carbonyl (C=O) groups is 1. The normalized spacial score (nSPS) is 18.9. The van der Waals surface area contributed by atoms with E-state index in [9.17, 15) is 9.90 Å². The van der Waals surface area contributed by atoms with Crippen LogP contribution >= 0.6 is 0 Å². The number of rotatable bonds is 4. The van der Waals surface area contributed by atoms with E-state index in [4.69, 9.17) is 10.6 Å². The van der Waals surface area contributed by atoms with Crippen molar-refractivity contribution < 1.29 is 14.6 Å². The second-order valence-electron chi connectivity index (χ2n) is 5.20. The molecule has 1 aromatic rings. The number of nitrogen functional groups attached to an aromatic ring is 1. The minimum absolute atomic E-state index is 0.0988. The first-order valence-electron chi connectivity index (χ1n) is 6.91. The third-order valence-corrected chi connectivity index (χ3v) is 3.38. The number of hydrogen-bond donors (Lipinski definition) is 3. The Hall–Kier alpha value is -1.77. The third kappa shape index (κ3) is 3.29. The Bertz CT molecular complexity index is 509. The molecule has 1 saturated heterocycles. The molecule has 116 valence electrons. The molecule has 1 aliphatic heterocycles. The molecule has 1 fully saturated rings. The molecule has 0 bridgehead atoms. The highest BCUT2D eigenvalue weighted by atomic mass is 16.5. The summed E-state index contributed by atoms with van der Waals surface area (Å²) in [5, 5.41) is 9.38. The second-order valence-corrected chi connectivity index (χ2v) is 5.20. The van der Waals surface area contributed by atoms with Gasteiger partial charge in [-0.2, -0.15) is 0 Å². The number of amides is 1. The van der Waals surface area contributed by atoms with E-state index in [0.29, 0.717) is 31.3 Å². The maximum Gasteiger partial charge on any atom is 0.275 e. The lowest BCUT2D eigenvalue weighted by Crippen LogP contribution is -2.50. The number of nitrogens with zero attached hydrogens (tertiary/aromatic N) is 3. The smallest absolute Gasteiger partial charge is 0.275 e. The fraction of sp³-hybridized carbons (Fsp3) is 0.615. The Labute approximate surface area is 123 Å². The monoisotopic (exact) mass is 295 g/mol. The molecule has 1 aliphatic rings. The predicted molar refractivity (Wildman–Crippen MR) is 76.7 cm³/mol. The van der Waals surface area contributed by atoms with E-state index in [1.165, 1.54) is 6.20 Å². The van der Waals surface area contributed by atoms with Crippen LogP contribution in [0.1, 0.15) is 36.1 Å². The summed E-state index contributed by atoms with van der Waals surface area (Å²) in [6.07, 6.45) is 1.50. The van der Waals surface area contributed by atoms with Crippen LogP contribution in [-0.2, 0) is 4.74 Å². The number of hydrazine groups is 1. The van der Waals surface area contributed by atoms with Crippen LogP contribution in [0.15, 0.2) is 6.20 Å². The van der Waals surface area contributed by atoms with E-state index in [0.717, 1.165) is 0 Å². The molecule has 0 spiro atoms. The summed E-state index contributed by atoms with van der Waals surface area (Å²) in [5.41, 5.74) is 3.04. The Kier molecular flexibility index (Phi) is 5.05. The van der Waals surface area contributed by atoms with Gasteiger partial charge in [-0.15, -0.1) is 0 Å². The van der Waals surface area contributed by atoms with Crippen LogP contribution in [0.4, 0.5) is 5.69 Å². The molecule has 0 saturated carbocycles. The molecule has 0 radical (unpaired) electrons. The van der Waals surface area contributed by atoms with E-state index in [1.807, 2.05) is 13.8 Å². The van der Waals surface area contributed by atoms with Crippen molar-refractivity contribution in [2.75, 3.05) is 31.8 Å². The van der Waals surface area contributed by atoms with Gasteiger partial charge in [-0.05, 0) is 0 Å². The summed E-state index contributed by atoms with van der Waals surface area (Å²) in [7, 11) is 0. The molecule has 2 heterocycles. The molecule has 0 aromatic carbocycles. The number of aliphatic hydroxyl groups excluding tert-OH is 1. The molecule has 4 N–H and O–H groups in total. The first-order valence-corrected chi connectivity index (χ1v) is 6.91. The van der Waals surface area contributed by atoms with Gasteiger partial charge in [-0.1, -0.05) is 13.8 Å². The van der Waals surface area contributed by atoms with Crippen LogP contribution in [0.3, 0.4) is 0 Å². The number of carbonyl (C=O) groups excluding carboxylic acids is 1. The van der Waals surface area contributed by atoms with E-state index in [1.54, 1.807) is 4.90 Å². The largest absolute Gasteiger partial charge is 0.394 e. The van der Waals surface area contributed by atoms with Crippen LogP contribution in [0.25, 0.3) is 0 Å². The standard InChI is InChI=1S/C13H21N5O3/c1-8(2)12-15-5-10(17-14)11(16-12)13(20)18-3-4-21-7-9(18)6-19/h5,8-9,17,19H,3-4,6-7,14H2,1-2H3. The summed E-state index contributed by atoms with van der Waals surface area (Å²) in [6, 6.07) is -0.366. The van der Waals surface area contributed by atoms with Gasteiger partial charge in [0.05, 0.1) is 37.7 Å². The van der Waals surface area contributed by atoms with Crippen molar-refractivity contribution in [2.45, 2.75) is 25.8 Å². The van der Waals surface area contributed by atoms with Gasteiger partial charge < -0.3 is 20.2 Å². The zero-order valence-electron chi connectivity index (χ0n) is 12.2. The van der Waals surface area contributed by atoms with Gasteiger partial charge in [0, 0.05) is 12.5 Å². The molecule has 0 aliphatic carbocycles. The number of morpholine rings is 1. The zero-order chi connectivity index (χ0) is 15.4. The van der Waals surface area contributed by atoms with Crippen LogP contribution in [0.5, 0.6) is 0 Å². The topological polar surface area (TPSA) is 114 Å². The second kappa shape index (κ2) is 6.79. The van der Waals surface area contributed by atoms with Gasteiger partial charge in [0.2, 0.25) is 0 Å². The quantitative estimate of drug-likeness (QED) is 0.517. The Balaban J connectivity index is 2.34. The first-order chi connectivity index (χ1) is 10.1. The third-order valence-electron chi connectivity index (χ3n) is 3.38. The molecule has 1 amide bonds. The summed E-state index contributed by atoms with van der Waals surface area (Å²) >= 11 is 0. The van der Waals surface area contributed by atoms with Crippen LogP contribution in [0, 0.1) is 0 Å². The van der Waals surface area contributed by atoms with Gasteiger partial charge >= 0.3 is 0 Å². The van der Waals surface area contributed by atoms with Crippen molar-refractivity contribution in [1.82, 2.24) is 14.9 Å². The van der Waals surface area contributed by atoms with E-state index in [2.05, 4.69) is 15.4 Å². The number of nitrogens with two attached hydrogens (primary N) is 1. The van der Waals surface area contributed by atoms with Crippen LogP contribution in [0.2, 0.25) is 0 Å². The van der Waals surface area contributed by atoms with Gasteiger partial charge in [-0.25, -0.2) is 9.97 Å². The average molecular weight is 295 g/mol. The van der Waals surface area contributed by atoms with Crippen molar-refractivity contribution >= 4 is 11.6 Å². The lowest BCUT2D eigenvalue weighted by Gasteiger charge is -2.34. The van der Waals surface area contributed by atoms with E-state index in [-0.39, 0.29) is 30.2 Å². The number of anilines is 1. The number of ether oxygens (including phenoxy) is 1. The molecular weight excluding hydrogens is 274 g/mol. The molecule has 8 heteroatoms. The SMILES string of the molecule is CC(C)c1ncc(NN)c(C(=O)N2CCOCC2CO)n1. The summed E-state index contributed by atoms with van der Waals surface area (Å²) < 4.78 is 5.28. The fourth-order valence-corrected chi connectivity index (χ4v) is 2.15. The summed E-state index contributed by atoms with van der Waals surface area (Å²) in [6.45, 7) is 4.91. The number of aliphatic hydroxyl groups is 1. The Morgan fingerprint density at radius 3 is 3.05 bits per heavy atom. The van der Waals surface area contributed by atoms with Crippen molar-refractivity contribution in [1.29, 1.82) is 0 Å². The predicted octanol–water partition coefficient (Wildman–Crippen LogP) is -0.281. The van der Waals surface area contributed by atoms with Crippen molar-refractivity contribution in [3.05, 3.63) is 17.7 Å². The molecule has 21 heavy (non-hydrogen) atoms. The summed E-state index contributed by atoms with van der Waals surface area (Å²) in [4.78, 5) is 22.8. The van der Waals surface area contributed by atoms with E-state index >= 15 is 0 Å². The van der Waals surface area contributed by atoms with Gasteiger partial charge in [0.1, 0.15) is 5.82 Å². The number of hydrogen-bond acceptors (Lipinski definition) is 7.